The molecule has 2 N–H and O–H groups in total. The molecule has 1 aliphatic rings. The van der Waals surface area contributed by atoms with Crippen LogP contribution in [0.25, 0.3) is 0 Å². The van der Waals surface area contributed by atoms with Gasteiger partial charge in [-0.1, -0.05) is 43.6 Å². The molecule has 0 unspecified atom stereocenters. The maximum absolute atomic E-state index is 6.34. The molecule has 1 fully saturated rings. The molecular formula is C18H29ClN4O. The van der Waals surface area contributed by atoms with E-state index in [1.54, 1.807) is 7.05 Å². The lowest BCUT2D eigenvalue weighted by Crippen LogP contribution is -2.46. The van der Waals surface area contributed by atoms with Crippen molar-refractivity contribution in [2.24, 2.45) is 4.99 Å². The van der Waals surface area contributed by atoms with Crippen LogP contribution < -0.4 is 10.6 Å². The van der Waals surface area contributed by atoms with Gasteiger partial charge in [-0.15, -0.1) is 0 Å². The lowest BCUT2D eigenvalue weighted by molar-refractivity contribution is 0.0389. The highest BCUT2D eigenvalue weighted by molar-refractivity contribution is 6.31. The molecule has 1 aromatic carbocycles. The molecule has 6 heteroatoms. The fraction of sp³-hybridized carbons (Fsp3) is 0.611. The van der Waals surface area contributed by atoms with E-state index in [0.29, 0.717) is 0 Å². The maximum atomic E-state index is 6.34. The van der Waals surface area contributed by atoms with Crippen molar-refractivity contribution in [2.45, 2.75) is 19.3 Å². The summed E-state index contributed by atoms with van der Waals surface area (Å²) in [6, 6.07) is 8.01. The number of ether oxygens (including phenoxy) is 1. The van der Waals surface area contributed by atoms with E-state index in [0.717, 1.165) is 62.5 Å². The fourth-order valence-electron chi connectivity index (χ4n) is 2.79. The van der Waals surface area contributed by atoms with Crippen LogP contribution in [-0.4, -0.2) is 63.8 Å². The van der Waals surface area contributed by atoms with E-state index in [9.17, 15) is 0 Å². The predicted molar refractivity (Wildman–Crippen MR) is 101 cm³/mol. The van der Waals surface area contributed by atoms with Gasteiger partial charge in [0.25, 0.3) is 0 Å². The van der Waals surface area contributed by atoms with Crippen molar-refractivity contribution >= 4 is 17.6 Å². The van der Waals surface area contributed by atoms with Crippen LogP contribution in [0, 0.1) is 0 Å². The van der Waals surface area contributed by atoms with Crippen LogP contribution in [0.15, 0.2) is 29.3 Å². The van der Waals surface area contributed by atoms with Gasteiger partial charge < -0.3 is 15.4 Å². The number of aliphatic imine (C=N–C) groups is 1. The monoisotopic (exact) mass is 352 g/mol. The number of benzene rings is 1. The second-order valence-corrected chi connectivity index (χ2v) is 7.08. The third-order valence-corrected chi connectivity index (χ3v) is 4.68. The Labute approximate surface area is 150 Å². The minimum Gasteiger partial charge on any atom is -0.379 e. The molecule has 0 atom stereocenters. The summed E-state index contributed by atoms with van der Waals surface area (Å²) in [5, 5.41) is 7.59. The minimum atomic E-state index is -0.0832. The van der Waals surface area contributed by atoms with E-state index in [2.05, 4.69) is 40.4 Å². The van der Waals surface area contributed by atoms with Gasteiger partial charge in [-0.25, -0.2) is 0 Å². The Bertz CT molecular complexity index is 542. The summed E-state index contributed by atoms with van der Waals surface area (Å²) < 4.78 is 5.37. The van der Waals surface area contributed by atoms with Crippen molar-refractivity contribution in [3.8, 4) is 0 Å². The lowest BCUT2D eigenvalue weighted by Gasteiger charge is -2.29. The molecule has 134 valence electrons. The first-order chi connectivity index (χ1) is 11.5. The molecule has 0 spiro atoms. The van der Waals surface area contributed by atoms with Crippen LogP contribution in [0.4, 0.5) is 0 Å². The molecule has 0 amide bonds. The summed E-state index contributed by atoms with van der Waals surface area (Å²) >= 11 is 6.34. The van der Waals surface area contributed by atoms with Crippen LogP contribution in [-0.2, 0) is 10.2 Å². The van der Waals surface area contributed by atoms with Gasteiger partial charge in [0.05, 0.1) is 13.2 Å². The van der Waals surface area contributed by atoms with Crippen molar-refractivity contribution in [2.75, 3.05) is 53.0 Å². The quantitative estimate of drug-likeness (QED) is 0.608. The zero-order valence-corrected chi connectivity index (χ0v) is 15.7. The Morgan fingerprint density at radius 3 is 2.62 bits per heavy atom. The highest BCUT2D eigenvalue weighted by Gasteiger charge is 2.23. The van der Waals surface area contributed by atoms with Crippen LogP contribution in [0.5, 0.6) is 0 Å². The van der Waals surface area contributed by atoms with Gasteiger partial charge in [0.15, 0.2) is 5.96 Å². The number of hydrogen-bond acceptors (Lipinski definition) is 3. The smallest absolute Gasteiger partial charge is 0.191 e. The molecule has 5 nitrogen and oxygen atoms in total. The van der Waals surface area contributed by atoms with E-state index >= 15 is 0 Å². The van der Waals surface area contributed by atoms with Crippen molar-refractivity contribution in [3.63, 3.8) is 0 Å². The van der Waals surface area contributed by atoms with Crippen molar-refractivity contribution in [1.29, 1.82) is 0 Å². The number of nitrogens with one attached hydrogen (secondary N) is 2. The second-order valence-electron chi connectivity index (χ2n) is 6.67. The molecule has 1 aliphatic heterocycles. The van der Waals surface area contributed by atoms with E-state index in [-0.39, 0.29) is 5.41 Å². The summed E-state index contributed by atoms with van der Waals surface area (Å²) in [7, 11) is 1.80. The Morgan fingerprint density at radius 2 is 1.96 bits per heavy atom. The molecule has 0 bridgehead atoms. The summed E-state index contributed by atoms with van der Waals surface area (Å²) in [6.07, 6.45) is 0. The molecule has 1 aromatic rings. The molecule has 2 rings (SSSR count). The lowest BCUT2D eigenvalue weighted by atomic mass is 9.84. The summed E-state index contributed by atoms with van der Waals surface area (Å²) in [5.74, 6) is 0.823. The average Bonchev–Trinajstić information content (AvgIpc) is 2.59. The Hall–Kier alpha value is -1.30. The maximum Gasteiger partial charge on any atom is 0.191 e. The van der Waals surface area contributed by atoms with Crippen molar-refractivity contribution in [3.05, 3.63) is 34.9 Å². The molecule has 0 radical (unpaired) electrons. The highest BCUT2D eigenvalue weighted by Crippen LogP contribution is 2.28. The molecule has 0 saturated carbocycles. The van der Waals surface area contributed by atoms with E-state index in [4.69, 9.17) is 16.3 Å². The standard InChI is InChI=1S/C18H29ClN4O/c1-18(2,15-6-4-5-7-16(15)19)14-22-17(20-3)21-8-9-23-10-12-24-13-11-23/h4-7H,8-14H2,1-3H3,(H2,20,21,22). The number of hydrogen-bond donors (Lipinski definition) is 2. The molecule has 0 aromatic heterocycles. The predicted octanol–water partition coefficient (Wildman–Crippen LogP) is 2.11. The number of morpholine rings is 1. The molecule has 1 heterocycles. The summed E-state index contributed by atoms with van der Waals surface area (Å²) in [6.45, 7) is 10.7. The van der Waals surface area contributed by atoms with Gasteiger partial charge in [-0.05, 0) is 11.6 Å². The third kappa shape index (κ3) is 5.65. The van der Waals surface area contributed by atoms with Gasteiger partial charge in [0.2, 0.25) is 0 Å². The van der Waals surface area contributed by atoms with Crippen LogP contribution in [0.1, 0.15) is 19.4 Å². The van der Waals surface area contributed by atoms with E-state index < -0.39 is 0 Å². The second kappa shape index (κ2) is 9.25. The van der Waals surface area contributed by atoms with E-state index in [1.807, 2.05) is 18.2 Å². The van der Waals surface area contributed by atoms with Gasteiger partial charge >= 0.3 is 0 Å². The fourth-order valence-corrected chi connectivity index (χ4v) is 3.18. The van der Waals surface area contributed by atoms with Crippen LogP contribution in [0.3, 0.4) is 0 Å². The first kappa shape index (κ1) is 19.0. The SMILES string of the molecule is CN=C(NCCN1CCOCC1)NCC(C)(C)c1ccccc1Cl. The van der Waals surface area contributed by atoms with Crippen LogP contribution in [0.2, 0.25) is 5.02 Å². The average molecular weight is 353 g/mol. The summed E-state index contributed by atoms with van der Waals surface area (Å²) in [5.41, 5.74) is 1.06. The minimum absolute atomic E-state index is 0.0832. The first-order valence-electron chi connectivity index (χ1n) is 8.52. The number of halogens is 1. The molecule has 0 aliphatic carbocycles. The topological polar surface area (TPSA) is 48.9 Å². The largest absolute Gasteiger partial charge is 0.379 e. The normalized spacial score (nSPS) is 16.9. The summed E-state index contributed by atoms with van der Waals surface area (Å²) in [4.78, 5) is 6.71. The Kier molecular flexibility index (Phi) is 7.34. The molecule has 1 saturated heterocycles. The number of rotatable bonds is 6. The van der Waals surface area contributed by atoms with E-state index in [1.165, 1.54) is 0 Å². The first-order valence-corrected chi connectivity index (χ1v) is 8.90. The Morgan fingerprint density at radius 1 is 1.25 bits per heavy atom. The van der Waals surface area contributed by atoms with Crippen molar-refractivity contribution < 1.29 is 4.74 Å². The van der Waals surface area contributed by atoms with Gasteiger partial charge in [0.1, 0.15) is 0 Å². The third-order valence-electron chi connectivity index (χ3n) is 4.35. The van der Waals surface area contributed by atoms with Gasteiger partial charge in [-0.3, -0.25) is 9.89 Å². The molecule has 24 heavy (non-hydrogen) atoms. The number of nitrogens with zero attached hydrogens (tertiary/aromatic N) is 2. The zero-order valence-electron chi connectivity index (χ0n) is 14.9. The highest BCUT2D eigenvalue weighted by atomic mass is 35.5. The number of guanidine groups is 1. The Balaban J connectivity index is 1.79. The van der Waals surface area contributed by atoms with Crippen LogP contribution >= 0.6 is 11.6 Å². The zero-order chi connectivity index (χ0) is 17.4. The van der Waals surface area contributed by atoms with Gasteiger partial charge in [-0.2, -0.15) is 0 Å². The van der Waals surface area contributed by atoms with Gasteiger partial charge in [0, 0.05) is 50.2 Å². The molecular weight excluding hydrogens is 324 g/mol. The van der Waals surface area contributed by atoms with Crippen molar-refractivity contribution in [1.82, 2.24) is 15.5 Å².